The highest BCUT2D eigenvalue weighted by molar-refractivity contribution is 5.67. The topological polar surface area (TPSA) is 41.6 Å². The second kappa shape index (κ2) is 5.95. The van der Waals surface area contributed by atoms with Gasteiger partial charge in [0.15, 0.2) is 0 Å². The molecular formula is C11H22N2O2. The predicted molar refractivity (Wildman–Crippen MR) is 59.9 cm³/mol. The summed E-state index contributed by atoms with van der Waals surface area (Å²) < 4.78 is 4.98. The smallest absolute Gasteiger partial charge is 0.407 e. The van der Waals surface area contributed by atoms with E-state index in [0.29, 0.717) is 12.6 Å². The van der Waals surface area contributed by atoms with Crippen molar-refractivity contribution in [3.8, 4) is 0 Å². The lowest BCUT2D eigenvalue weighted by Gasteiger charge is -2.19. The summed E-state index contributed by atoms with van der Waals surface area (Å²) in [6.07, 6.45) is 3.20. The summed E-state index contributed by atoms with van der Waals surface area (Å²) in [4.78, 5) is 13.5. The summed E-state index contributed by atoms with van der Waals surface area (Å²) in [5, 5.41) is 2.77. The first-order valence-electron chi connectivity index (χ1n) is 5.74. The van der Waals surface area contributed by atoms with Crippen molar-refractivity contribution in [3.05, 3.63) is 0 Å². The molecule has 4 heteroatoms. The minimum absolute atomic E-state index is 0.0424. The molecule has 0 saturated carbocycles. The molecule has 0 radical (unpaired) electrons. The van der Waals surface area contributed by atoms with Crippen LogP contribution in [0.2, 0.25) is 0 Å². The molecule has 0 bridgehead atoms. The van der Waals surface area contributed by atoms with Gasteiger partial charge in [0.05, 0.1) is 6.10 Å². The Morgan fingerprint density at radius 2 is 2.33 bits per heavy atom. The van der Waals surface area contributed by atoms with E-state index in [2.05, 4.69) is 17.3 Å². The quantitative estimate of drug-likeness (QED) is 0.773. The first kappa shape index (κ1) is 12.3. The van der Waals surface area contributed by atoms with Gasteiger partial charge in [-0.05, 0) is 46.7 Å². The predicted octanol–water partition coefficient (Wildman–Crippen LogP) is 1.61. The summed E-state index contributed by atoms with van der Waals surface area (Å²) in [7, 11) is 2.14. The van der Waals surface area contributed by atoms with Crippen molar-refractivity contribution in [1.29, 1.82) is 0 Å². The summed E-state index contributed by atoms with van der Waals surface area (Å²) in [6, 6.07) is 0.629. The van der Waals surface area contributed by atoms with Crippen LogP contribution in [0.1, 0.15) is 33.1 Å². The number of nitrogens with one attached hydrogen (secondary N) is 1. The third kappa shape index (κ3) is 4.51. The van der Waals surface area contributed by atoms with Crippen molar-refractivity contribution < 1.29 is 9.53 Å². The molecule has 1 atom stereocenters. The molecular weight excluding hydrogens is 192 g/mol. The molecule has 1 heterocycles. The molecule has 1 N–H and O–H groups in total. The van der Waals surface area contributed by atoms with E-state index in [4.69, 9.17) is 4.74 Å². The van der Waals surface area contributed by atoms with Gasteiger partial charge in [-0.25, -0.2) is 4.79 Å². The molecule has 1 saturated heterocycles. The van der Waals surface area contributed by atoms with Gasteiger partial charge in [-0.1, -0.05) is 0 Å². The van der Waals surface area contributed by atoms with Crippen molar-refractivity contribution in [2.45, 2.75) is 45.3 Å². The summed E-state index contributed by atoms with van der Waals surface area (Å²) in [5.41, 5.74) is 0. The van der Waals surface area contributed by atoms with Gasteiger partial charge in [-0.2, -0.15) is 0 Å². The van der Waals surface area contributed by atoms with Crippen molar-refractivity contribution in [1.82, 2.24) is 10.2 Å². The van der Waals surface area contributed by atoms with E-state index in [9.17, 15) is 4.79 Å². The fourth-order valence-corrected chi connectivity index (χ4v) is 1.94. The van der Waals surface area contributed by atoms with E-state index in [1.165, 1.54) is 19.4 Å². The fourth-order valence-electron chi connectivity index (χ4n) is 1.94. The van der Waals surface area contributed by atoms with Crippen LogP contribution in [0.4, 0.5) is 4.79 Å². The van der Waals surface area contributed by atoms with Crippen molar-refractivity contribution in [2.24, 2.45) is 0 Å². The lowest BCUT2D eigenvalue weighted by molar-refractivity contribution is 0.115. The molecule has 0 aromatic heterocycles. The number of nitrogens with zero attached hydrogens (tertiary/aromatic N) is 1. The number of likely N-dealkylation sites (tertiary alicyclic amines) is 1. The van der Waals surface area contributed by atoms with Crippen LogP contribution < -0.4 is 5.32 Å². The van der Waals surface area contributed by atoms with Gasteiger partial charge in [-0.3, -0.25) is 0 Å². The average Bonchev–Trinajstić information content (AvgIpc) is 2.50. The van der Waals surface area contributed by atoms with Crippen LogP contribution in [0.25, 0.3) is 0 Å². The Balaban J connectivity index is 2.08. The molecule has 4 nitrogen and oxygen atoms in total. The zero-order valence-electron chi connectivity index (χ0n) is 9.95. The van der Waals surface area contributed by atoms with Gasteiger partial charge in [0, 0.05) is 12.6 Å². The minimum atomic E-state index is -0.300. The molecule has 1 unspecified atom stereocenters. The van der Waals surface area contributed by atoms with E-state index in [-0.39, 0.29) is 12.2 Å². The number of carbonyl (C=O) groups is 1. The average molecular weight is 214 g/mol. The number of hydrogen-bond acceptors (Lipinski definition) is 3. The second-order valence-corrected chi connectivity index (χ2v) is 4.45. The van der Waals surface area contributed by atoms with Gasteiger partial charge in [0.25, 0.3) is 0 Å². The van der Waals surface area contributed by atoms with E-state index < -0.39 is 0 Å². The summed E-state index contributed by atoms with van der Waals surface area (Å²) >= 11 is 0. The molecule has 0 spiro atoms. The number of alkyl carbamates (subject to hydrolysis) is 1. The second-order valence-electron chi connectivity index (χ2n) is 4.45. The number of ether oxygens (including phenoxy) is 1. The van der Waals surface area contributed by atoms with E-state index in [0.717, 1.165) is 6.42 Å². The summed E-state index contributed by atoms with van der Waals surface area (Å²) in [6.45, 7) is 5.59. The normalized spacial score (nSPS) is 22.0. The van der Waals surface area contributed by atoms with Gasteiger partial charge in [0.2, 0.25) is 0 Å². The van der Waals surface area contributed by atoms with Crippen LogP contribution >= 0.6 is 0 Å². The molecule has 0 aromatic carbocycles. The Bertz CT molecular complexity index is 207. The van der Waals surface area contributed by atoms with Crippen LogP contribution in [-0.4, -0.2) is 43.3 Å². The molecule has 88 valence electrons. The van der Waals surface area contributed by atoms with Crippen LogP contribution in [-0.2, 0) is 4.74 Å². The zero-order valence-corrected chi connectivity index (χ0v) is 9.95. The van der Waals surface area contributed by atoms with Crippen LogP contribution in [0.5, 0.6) is 0 Å². The zero-order chi connectivity index (χ0) is 11.3. The van der Waals surface area contributed by atoms with E-state index >= 15 is 0 Å². The van der Waals surface area contributed by atoms with Gasteiger partial charge in [0.1, 0.15) is 0 Å². The molecule has 1 rings (SSSR count). The van der Waals surface area contributed by atoms with E-state index in [1.54, 1.807) is 0 Å². The highest BCUT2D eigenvalue weighted by Gasteiger charge is 2.20. The van der Waals surface area contributed by atoms with Gasteiger partial charge >= 0.3 is 6.09 Å². The molecule has 0 aliphatic carbocycles. The maximum absolute atomic E-state index is 11.2. The number of rotatable bonds is 4. The third-order valence-corrected chi connectivity index (χ3v) is 2.76. The molecule has 1 aliphatic heterocycles. The molecule has 15 heavy (non-hydrogen) atoms. The standard InChI is InChI=1S/C11H22N2O2/c1-9(2)15-11(14)12-7-6-10-5-4-8-13(10)3/h9-10H,4-8H2,1-3H3,(H,12,14). The summed E-state index contributed by atoms with van der Waals surface area (Å²) in [5.74, 6) is 0. The Kier molecular flexibility index (Phi) is 4.88. The van der Waals surface area contributed by atoms with Gasteiger partial charge < -0.3 is 15.0 Å². The Hall–Kier alpha value is -0.770. The number of amides is 1. The maximum atomic E-state index is 11.2. The maximum Gasteiger partial charge on any atom is 0.407 e. The Morgan fingerprint density at radius 1 is 1.60 bits per heavy atom. The van der Waals surface area contributed by atoms with Crippen molar-refractivity contribution >= 4 is 6.09 Å². The van der Waals surface area contributed by atoms with Crippen molar-refractivity contribution in [2.75, 3.05) is 20.1 Å². The third-order valence-electron chi connectivity index (χ3n) is 2.76. The Labute approximate surface area is 92.0 Å². The molecule has 0 aromatic rings. The lowest BCUT2D eigenvalue weighted by Crippen LogP contribution is -2.32. The van der Waals surface area contributed by atoms with Crippen LogP contribution in [0.15, 0.2) is 0 Å². The minimum Gasteiger partial charge on any atom is -0.447 e. The first-order chi connectivity index (χ1) is 7.09. The van der Waals surface area contributed by atoms with Crippen molar-refractivity contribution in [3.63, 3.8) is 0 Å². The lowest BCUT2D eigenvalue weighted by atomic mass is 10.1. The largest absolute Gasteiger partial charge is 0.447 e. The highest BCUT2D eigenvalue weighted by Crippen LogP contribution is 2.16. The molecule has 1 amide bonds. The number of hydrogen-bond donors (Lipinski definition) is 1. The molecule has 1 aliphatic rings. The SMILES string of the molecule is CC(C)OC(=O)NCCC1CCCN1C. The van der Waals surface area contributed by atoms with Crippen LogP contribution in [0.3, 0.4) is 0 Å². The monoisotopic (exact) mass is 214 g/mol. The first-order valence-corrected chi connectivity index (χ1v) is 5.74. The van der Waals surface area contributed by atoms with E-state index in [1.807, 2.05) is 13.8 Å². The van der Waals surface area contributed by atoms with Gasteiger partial charge in [-0.15, -0.1) is 0 Å². The molecule has 1 fully saturated rings. The number of carbonyl (C=O) groups excluding carboxylic acids is 1. The Morgan fingerprint density at radius 3 is 2.87 bits per heavy atom. The fraction of sp³-hybridized carbons (Fsp3) is 0.909. The van der Waals surface area contributed by atoms with Crippen LogP contribution in [0, 0.1) is 0 Å². The highest BCUT2D eigenvalue weighted by atomic mass is 16.6.